The highest BCUT2D eigenvalue weighted by atomic mass is 79.9. The monoisotopic (exact) mass is 232 g/mol. The molecule has 0 aromatic heterocycles. The van der Waals surface area contributed by atoms with Gasteiger partial charge in [-0.15, -0.1) is 0 Å². The Balaban J connectivity index is 0.00000121. The number of nitrogens with zero attached hydrogens (tertiary/aromatic N) is 1. The lowest BCUT2D eigenvalue weighted by atomic mass is 10.3. The Morgan fingerprint density at radius 2 is 2.42 bits per heavy atom. The standard InChI is InChI=1S/C9H16N2.BrH/c1-3-5-6-11-8-7-10(4-2)9-11;/h4,7-8H,2-3,5-6,9H2,1H3;1H. The van der Waals surface area contributed by atoms with E-state index in [9.17, 15) is 0 Å². The Labute approximate surface area is 85.3 Å². The summed E-state index contributed by atoms with van der Waals surface area (Å²) in [6.45, 7) is 8.25. The summed E-state index contributed by atoms with van der Waals surface area (Å²) >= 11 is 0. The van der Waals surface area contributed by atoms with E-state index in [2.05, 4.69) is 30.8 Å². The normalized spacial score (nSPS) is 20.8. The van der Waals surface area contributed by atoms with Crippen molar-refractivity contribution in [3.63, 3.8) is 0 Å². The molecule has 1 N–H and O–H groups in total. The van der Waals surface area contributed by atoms with Crippen LogP contribution in [0.15, 0.2) is 25.2 Å². The van der Waals surface area contributed by atoms with E-state index in [1.165, 1.54) is 24.3 Å². The third kappa shape index (κ3) is 3.41. The van der Waals surface area contributed by atoms with Crippen molar-refractivity contribution in [2.45, 2.75) is 19.8 Å². The molecule has 1 aliphatic rings. The summed E-state index contributed by atoms with van der Waals surface area (Å²) in [5, 5.41) is 0. The van der Waals surface area contributed by atoms with E-state index in [1.807, 2.05) is 6.20 Å². The van der Waals surface area contributed by atoms with Crippen molar-refractivity contribution < 1.29 is 21.9 Å². The molecule has 1 unspecified atom stereocenters. The zero-order chi connectivity index (χ0) is 8.10. The van der Waals surface area contributed by atoms with Gasteiger partial charge in [-0.3, -0.25) is 4.90 Å². The first-order valence-electron chi connectivity index (χ1n) is 4.28. The summed E-state index contributed by atoms with van der Waals surface area (Å²) in [6.07, 6.45) is 8.76. The van der Waals surface area contributed by atoms with Crippen molar-refractivity contribution in [3.05, 3.63) is 25.2 Å². The molecule has 0 saturated heterocycles. The highest BCUT2D eigenvalue weighted by molar-refractivity contribution is 4.84. The third-order valence-corrected chi connectivity index (χ3v) is 1.97. The van der Waals surface area contributed by atoms with Crippen LogP contribution in [0, 0.1) is 0 Å². The maximum atomic E-state index is 3.72. The largest absolute Gasteiger partial charge is 1.00 e. The van der Waals surface area contributed by atoms with Gasteiger partial charge >= 0.3 is 0 Å². The summed E-state index contributed by atoms with van der Waals surface area (Å²) < 4.78 is 0. The molecular weight excluding hydrogens is 216 g/mol. The second kappa shape index (κ2) is 6.26. The van der Waals surface area contributed by atoms with Crippen molar-refractivity contribution in [3.8, 4) is 0 Å². The average Bonchev–Trinajstić information content (AvgIpc) is 2.48. The quantitative estimate of drug-likeness (QED) is 0.567. The lowest BCUT2D eigenvalue weighted by Gasteiger charge is -2.12. The van der Waals surface area contributed by atoms with E-state index in [0.29, 0.717) is 0 Å². The lowest BCUT2D eigenvalue weighted by Crippen LogP contribution is -3.07. The van der Waals surface area contributed by atoms with Gasteiger partial charge in [0.1, 0.15) is 6.20 Å². The molecule has 0 aromatic carbocycles. The molecule has 0 amide bonds. The summed E-state index contributed by atoms with van der Waals surface area (Å²) in [4.78, 5) is 3.65. The minimum absolute atomic E-state index is 0. The Kier molecular flexibility index (Phi) is 6.11. The molecule has 0 saturated carbocycles. The maximum absolute atomic E-state index is 3.72. The Morgan fingerprint density at radius 1 is 1.67 bits per heavy atom. The fourth-order valence-corrected chi connectivity index (χ4v) is 1.23. The second-order valence-electron chi connectivity index (χ2n) is 2.93. The molecular formula is C9H17BrN2. The molecule has 0 radical (unpaired) electrons. The van der Waals surface area contributed by atoms with Gasteiger partial charge in [-0.1, -0.05) is 19.9 Å². The topological polar surface area (TPSA) is 7.68 Å². The minimum Gasteiger partial charge on any atom is -1.00 e. The van der Waals surface area contributed by atoms with Gasteiger partial charge in [0.25, 0.3) is 0 Å². The summed E-state index contributed by atoms with van der Waals surface area (Å²) in [5.74, 6) is 0. The van der Waals surface area contributed by atoms with Crippen LogP contribution in [-0.4, -0.2) is 18.1 Å². The van der Waals surface area contributed by atoms with Crippen molar-refractivity contribution in [1.29, 1.82) is 0 Å². The van der Waals surface area contributed by atoms with Crippen LogP contribution >= 0.6 is 0 Å². The van der Waals surface area contributed by atoms with E-state index < -0.39 is 0 Å². The first-order chi connectivity index (χ1) is 5.36. The van der Waals surface area contributed by atoms with Gasteiger partial charge < -0.3 is 21.9 Å². The maximum Gasteiger partial charge on any atom is 0.160 e. The van der Waals surface area contributed by atoms with Crippen LogP contribution in [0.3, 0.4) is 0 Å². The number of halogens is 1. The molecule has 70 valence electrons. The van der Waals surface area contributed by atoms with Gasteiger partial charge in [0.2, 0.25) is 0 Å². The Hall–Kier alpha value is -0.280. The SMILES string of the molecule is C=CN1C=C[NH+](CCCC)C1.[Br-]. The molecule has 1 heterocycles. The predicted molar refractivity (Wildman–Crippen MR) is 46.8 cm³/mol. The van der Waals surface area contributed by atoms with Gasteiger partial charge in [-0.2, -0.15) is 0 Å². The van der Waals surface area contributed by atoms with Gasteiger partial charge in [0.15, 0.2) is 6.67 Å². The highest BCUT2D eigenvalue weighted by Crippen LogP contribution is 1.90. The fraction of sp³-hybridized carbons (Fsp3) is 0.556. The van der Waals surface area contributed by atoms with Crippen molar-refractivity contribution in [2.75, 3.05) is 13.2 Å². The minimum atomic E-state index is 0. The third-order valence-electron chi connectivity index (χ3n) is 1.97. The molecule has 0 bridgehead atoms. The molecule has 0 fully saturated rings. The van der Waals surface area contributed by atoms with E-state index in [4.69, 9.17) is 0 Å². The van der Waals surface area contributed by atoms with Crippen LogP contribution in [0.4, 0.5) is 0 Å². The van der Waals surface area contributed by atoms with Crippen molar-refractivity contribution in [1.82, 2.24) is 4.90 Å². The second-order valence-corrected chi connectivity index (χ2v) is 2.93. The number of hydrogen-bond acceptors (Lipinski definition) is 1. The van der Waals surface area contributed by atoms with Crippen LogP contribution in [0.5, 0.6) is 0 Å². The fourth-order valence-electron chi connectivity index (χ4n) is 1.23. The zero-order valence-electron chi connectivity index (χ0n) is 7.59. The molecule has 12 heavy (non-hydrogen) atoms. The lowest BCUT2D eigenvalue weighted by molar-refractivity contribution is -0.848. The van der Waals surface area contributed by atoms with E-state index >= 15 is 0 Å². The Bertz CT molecular complexity index is 157. The number of hydrogen-bond donors (Lipinski definition) is 1. The van der Waals surface area contributed by atoms with Crippen LogP contribution < -0.4 is 21.9 Å². The molecule has 2 nitrogen and oxygen atoms in total. The molecule has 3 heteroatoms. The van der Waals surface area contributed by atoms with Gasteiger partial charge in [0, 0.05) is 6.20 Å². The highest BCUT2D eigenvalue weighted by Gasteiger charge is 2.12. The number of rotatable bonds is 4. The summed E-state index contributed by atoms with van der Waals surface area (Å²) in [7, 11) is 0. The van der Waals surface area contributed by atoms with Crippen LogP contribution in [0.2, 0.25) is 0 Å². The first-order valence-corrected chi connectivity index (χ1v) is 4.28. The predicted octanol–water partition coefficient (Wildman–Crippen LogP) is -2.44. The summed E-state index contributed by atoms with van der Waals surface area (Å²) in [5.41, 5.74) is 0. The van der Waals surface area contributed by atoms with E-state index in [-0.39, 0.29) is 17.0 Å². The molecule has 0 spiro atoms. The van der Waals surface area contributed by atoms with E-state index in [1.54, 1.807) is 0 Å². The average molecular weight is 233 g/mol. The van der Waals surface area contributed by atoms with Gasteiger partial charge in [0.05, 0.1) is 12.7 Å². The number of nitrogens with one attached hydrogen (secondary N) is 1. The Morgan fingerprint density at radius 3 is 2.92 bits per heavy atom. The van der Waals surface area contributed by atoms with Crippen LogP contribution in [0.1, 0.15) is 19.8 Å². The summed E-state index contributed by atoms with van der Waals surface area (Å²) in [6, 6.07) is 0. The molecule has 1 rings (SSSR count). The smallest absolute Gasteiger partial charge is 0.160 e. The number of quaternary nitrogens is 1. The van der Waals surface area contributed by atoms with Gasteiger partial charge in [-0.25, -0.2) is 0 Å². The van der Waals surface area contributed by atoms with E-state index in [0.717, 1.165) is 6.67 Å². The van der Waals surface area contributed by atoms with Crippen molar-refractivity contribution in [2.24, 2.45) is 0 Å². The molecule has 1 aliphatic heterocycles. The van der Waals surface area contributed by atoms with Crippen molar-refractivity contribution >= 4 is 0 Å². The van der Waals surface area contributed by atoms with Gasteiger partial charge in [-0.05, 0) is 6.42 Å². The van der Waals surface area contributed by atoms with Crippen LogP contribution in [-0.2, 0) is 0 Å². The van der Waals surface area contributed by atoms with Crippen LogP contribution in [0.25, 0.3) is 0 Å². The zero-order valence-corrected chi connectivity index (χ0v) is 9.18. The number of unbranched alkanes of at least 4 members (excludes halogenated alkanes) is 1. The molecule has 1 atom stereocenters. The first kappa shape index (κ1) is 11.7. The molecule has 0 aromatic rings. The molecule has 0 aliphatic carbocycles.